The van der Waals surface area contributed by atoms with Crippen LogP contribution in [0.25, 0.3) is 0 Å². The zero-order chi connectivity index (χ0) is 13.2. The molecule has 1 atom stereocenters. The Kier molecular flexibility index (Phi) is 3.90. The summed E-state index contributed by atoms with van der Waals surface area (Å²) in [7, 11) is -2.18. The minimum Gasteiger partial charge on any atom is -0.386 e. The molecule has 0 saturated heterocycles. The molecule has 3 N–H and O–H groups in total. The first-order valence-electron chi connectivity index (χ1n) is 5.16. The van der Waals surface area contributed by atoms with E-state index < -0.39 is 16.1 Å². The number of aryl methyl sites for hydroxylation is 1. The molecule has 0 radical (unpaired) electrons. The highest BCUT2D eigenvalue weighted by Gasteiger charge is 2.27. The molecule has 0 aliphatic rings. The van der Waals surface area contributed by atoms with E-state index >= 15 is 0 Å². The van der Waals surface area contributed by atoms with Crippen LogP contribution in [0.2, 0.25) is 0 Å². The first kappa shape index (κ1) is 13.7. The predicted octanol–water partition coefficient (Wildman–Crippen LogP) is 0.940. The fraction of sp³-hybridized carbons (Fsp3) is 0.364. The molecule has 0 bridgehead atoms. The molecule has 0 aliphatic heterocycles. The van der Waals surface area contributed by atoms with Crippen LogP contribution in [0.3, 0.4) is 0 Å². The van der Waals surface area contributed by atoms with E-state index in [0.717, 1.165) is 4.31 Å². The summed E-state index contributed by atoms with van der Waals surface area (Å²) in [5.74, 6) is -0.176. The Morgan fingerprint density at radius 2 is 1.94 bits per heavy atom. The van der Waals surface area contributed by atoms with Crippen LogP contribution in [-0.4, -0.2) is 31.6 Å². The lowest BCUT2D eigenvalue weighted by Gasteiger charge is -2.23. The standard InChI is InChI=1S/C11H17N3O2S/c1-8-6-4-5-7-10(8)17(15,16)14(3)9(2)11(12)13/h4-7,9H,1-3H3,(H3,12,13). The minimum atomic E-state index is -3.60. The second kappa shape index (κ2) is 4.85. The van der Waals surface area contributed by atoms with Gasteiger partial charge in [-0.05, 0) is 25.5 Å². The Morgan fingerprint density at radius 1 is 1.41 bits per heavy atom. The molecule has 0 aliphatic carbocycles. The monoisotopic (exact) mass is 255 g/mol. The fourth-order valence-electron chi connectivity index (χ4n) is 1.41. The van der Waals surface area contributed by atoms with Crippen molar-refractivity contribution in [1.29, 1.82) is 5.41 Å². The summed E-state index contributed by atoms with van der Waals surface area (Å²) in [6.45, 7) is 3.32. The average Bonchev–Trinajstić information content (AvgIpc) is 2.27. The number of hydrogen-bond acceptors (Lipinski definition) is 3. The number of nitrogens with zero attached hydrogens (tertiary/aromatic N) is 1. The molecular weight excluding hydrogens is 238 g/mol. The van der Waals surface area contributed by atoms with Crippen molar-refractivity contribution in [1.82, 2.24) is 4.31 Å². The molecular formula is C11H17N3O2S. The quantitative estimate of drug-likeness (QED) is 0.620. The van der Waals surface area contributed by atoms with Gasteiger partial charge in [0, 0.05) is 7.05 Å². The molecule has 0 aromatic heterocycles. The molecule has 1 rings (SSSR count). The van der Waals surface area contributed by atoms with Crippen molar-refractivity contribution in [2.45, 2.75) is 24.8 Å². The van der Waals surface area contributed by atoms with Crippen LogP contribution in [0.4, 0.5) is 0 Å². The van der Waals surface area contributed by atoms with Gasteiger partial charge in [0.05, 0.1) is 10.9 Å². The predicted molar refractivity (Wildman–Crippen MR) is 67.5 cm³/mol. The van der Waals surface area contributed by atoms with Crippen LogP contribution in [0.15, 0.2) is 29.2 Å². The molecule has 0 fully saturated rings. The highest BCUT2D eigenvalue weighted by Crippen LogP contribution is 2.19. The van der Waals surface area contributed by atoms with Crippen molar-refractivity contribution in [2.75, 3.05) is 7.05 Å². The fourth-order valence-corrected chi connectivity index (χ4v) is 2.97. The summed E-state index contributed by atoms with van der Waals surface area (Å²) in [6.07, 6.45) is 0. The Bertz CT molecular complexity index is 525. The molecule has 94 valence electrons. The Morgan fingerprint density at radius 3 is 2.41 bits per heavy atom. The van der Waals surface area contributed by atoms with Gasteiger partial charge < -0.3 is 5.73 Å². The number of sulfonamides is 1. The number of benzene rings is 1. The zero-order valence-corrected chi connectivity index (χ0v) is 11.0. The van der Waals surface area contributed by atoms with Gasteiger partial charge in [0.1, 0.15) is 5.84 Å². The SMILES string of the molecule is Cc1ccccc1S(=O)(=O)N(C)C(C)C(=N)N. The lowest BCUT2D eigenvalue weighted by Crippen LogP contribution is -2.43. The molecule has 1 aromatic rings. The molecule has 0 heterocycles. The highest BCUT2D eigenvalue weighted by molar-refractivity contribution is 7.89. The van der Waals surface area contributed by atoms with Crippen molar-refractivity contribution < 1.29 is 8.42 Å². The molecule has 5 nitrogen and oxygen atoms in total. The second-order valence-corrected chi connectivity index (χ2v) is 5.88. The lowest BCUT2D eigenvalue weighted by atomic mass is 10.2. The van der Waals surface area contributed by atoms with Crippen molar-refractivity contribution in [2.24, 2.45) is 5.73 Å². The number of nitrogens with two attached hydrogens (primary N) is 1. The van der Waals surface area contributed by atoms with E-state index in [-0.39, 0.29) is 10.7 Å². The molecule has 1 aromatic carbocycles. The van der Waals surface area contributed by atoms with E-state index in [9.17, 15) is 8.42 Å². The van der Waals surface area contributed by atoms with Gasteiger partial charge in [-0.1, -0.05) is 18.2 Å². The molecule has 6 heteroatoms. The van der Waals surface area contributed by atoms with Crippen LogP contribution >= 0.6 is 0 Å². The molecule has 0 amide bonds. The minimum absolute atomic E-state index is 0.176. The summed E-state index contributed by atoms with van der Waals surface area (Å²) in [4.78, 5) is 0.246. The second-order valence-electron chi connectivity index (χ2n) is 3.92. The first-order valence-corrected chi connectivity index (χ1v) is 6.60. The number of amidine groups is 1. The third-order valence-corrected chi connectivity index (χ3v) is 4.83. The van der Waals surface area contributed by atoms with Gasteiger partial charge in [0.15, 0.2) is 0 Å². The Balaban J connectivity index is 3.21. The van der Waals surface area contributed by atoms with Gasteiger partial charge in [-0.2, -0.15) is 4.31 Å². The Labute approximate surface area is 102 Å². The van der Waals surface area contributed by atoms with Crippen molar-refractivity contribution >= 4 is 15.9 Å². The van der Waals surface area contributed by atoms with E-state index in [1.807, 2.05) is 0 Å². The van der Waals surface area contributed by atoms with Crippen molar-refractivity contribution in [3.63, 3.8) is 0 Å². The van der Waals surface area contributed by atoms with E-state index in [4.69, 9.17) is 11.1 Å². The first-order chi connectivity index (χ1) is 7.78. The topological polar surface area (TPSA) is 87.2 Å². The third-order valence-electron chi connectivity index (χ3n) is 2.75. The maximum Gasteiger partial charge on any atom is 0.243 e. The highest BCUT2D eigenvalue weighted by atomic mass is 32.2. The number of rotatable bonds is 4. The third kappa shape index (κ3) is 2.65. The van der Waals surface area contributed by atoms with Gasteiger partial charge in [0.2, 0.25) is 10.0 Å². The van der Waals surface area contributed by atoms with Crippen molar-refractivity contribution in [3.05, 3.63) is 29.8 Å². The summed E-state index contributed by atoms with van der Waals surface area (Å²) in [5.41, 5.74) is 6.00. The summed E-state index contributed by atoms with van der Waals surface area (Å²) < 4.78 is 25.7. The summed E-state index contributed by atoms with van der Waals surface area (Å²) in [6, 6.07) is 6.09. The van der Waals surface area contributed by atoms with E-state index in [1.165, 1.54) is 7.05 Å². The number of nitrogens with one attached hydrogen (secondary N) is 1. The van der Waals surface area contributed by atoms with Gasteiger partial charge >= 0.3 is 0 Å². The molecule has 1 unspecified atom stereocenters. The van der Waals surface area contributed by atoms with Crippen LogP contribution in [0.1, 0.15) is 12.5 Å². The maximum atomic E-state index is 12.3. The normalized spacial score (nSPS) is 13.6. The van der Waals surface area contributed by atoms with Crippen molar-refractivity contribution in [3.8, 4) is 0 Å². The number of likely N-dealkylation sites (N-methyl/N-ethyl adjacent to an activating group) is 1. The van der Waals surface area contributed by atoms with Gasteiger partial charge in [-0.15, -0.1) is 0 Å². The Hall–Kier alpha value is -1.40. The van der Waals surface area contributed by atoms with Gasteiger partial charge in [-0.25, -0.2) is 8.42 Å². The molecule has 17 heavy (non-hydrogen) atoms. The van der Waals surface area contributed by atoms with Gasteiger partial charge in [0.25, 0.3) is 0 Å². The van der Waals surface area contributed by atoms with E-state index in [1.54, 1.807) is 38.1 Å². The summed E-state index contributed by atoms with van der Waals surface area (Å²) >= 11 is 0. The van der Waals surface area contributed by atoms with Crippen LogP contribution in [0.5, 0.6) is 0 Å². The van der Waals surface area contributed by atoms with E-state index in [0.29, 0.717) is 5.56 Å². The molecule has 0 spiro atoms. The number of hydrogen-bond donors (Lipinski definition) is 2. The van der Waals surface area contributed by atoms with Crippen LogP contribution in [0, 0.1) is 12.3 Å². The van der Waals surface area contributed by atoms with Gasteiger partial charge in [-0.3, -0.25) is 5.41 Å². The lowest BCUT2D eigenvalue weighted by molar-refractivity contribution is 0.448. The maximum absolute atomic E-state index is 12.3. The van der Waals surface area contributed by atoms with E-state index in [2.05, 4.69) is 0 Å². The zero-order valence-electron chi connectivity index (χ0n) is 10.1. The summed E-state index contributed by atoms with van der Waals surface area (Å²) in [5, 5.41) is 7.30. The smallest absolute Gasteiger partial charge is 0.243 e. The largest absolute Gasteiger partial charge is 0.386 e. The molecule has 0 saturated carbocycles. The van der Waals surface area contributed by atoms with Crippen LogP contribution in [-0.2, 0) is 10.0 Å². The average molecular weight is 255 g/mol. The van der Waals surface area contributed by atoms with Crippen LogP contribution < -0.4 is 5.73 Å².